The predicted octanol–water partition coefficient (Wildman–Crippen LogP) is 3.71. The van der Waals surface area contributed by atoms with Gasteiger partial charge in [-0.05, 0) is 35.0 Å². The van der Waals surface area contributed by atoms with E-state index in [4.69, 9.17) is 20.0 Å². The van der Waals surface area contributed by atoms with Crippen LogP contribution in [0.2, 0.25) is 0 Å². The Bertz CT molecular complexity index is 813. The molecule has 4 heteroatoms. The first-order chi connectivity index (χ1) is 9.83. The Morgan fingerprint density at radius 3 is 1.55 bits per heavy atom. The van der Waals surface area contributed by atoms with Crippen molar-refractivity contribution in [2.24, 2.45) is 0 Å². The molecule has 0 bridgehead atoms. The molecule has 3 aromatic rings. The van der Waals surface area contributed by atoms with E-state index in [9.17, 15) is 0 Å². The van der Waals surface area contributed by atoms with Crippen LogP contribution < -0.4 is 9.47 Å². The largest absolute Gasteiger partial charge is 0.387 e. The standard InChI is InChI=1S/C16H8N2O2/c17-9-19-15-5-1-3-11-7-14-12(8-13(11)15)4-2-6-16(14)20-10-18/h1-8H. The van der Waals surface area contributed by atoms with Gasteiger partial charge in [-0.25, -0.2) is 0 Å². The number of benzene rings is 3. The van der Waals surface area contributed by atoms with Gasteiger partial charge in [-0.15, -0.1) is 10.5 Å². The molecule has 0 saturated carbocycles. The van der Waals surface area contributed by atoms with E-state index in [0.717, 1.165) is 21.5 Å². The Balaban J connectivity index is 2.35. The third-order valence-electron chi connectivity index (χ3n) is 3.11. The maximum Gasteiger partial charge on any atom is 0.292 e. The molecule has 0 aliphatic rings. The van der Waals surface area contributed by atoms with Gasteiger partial charge in [-0.3, -0.25) is 0 Å². The Kier molecular flexibility index (Phi) is 2.84. The summed E-state index contributed by atoms with van der Waals surface area (Å²) in [6, 6.07) is 14.8. The Hall–Kier alpha value is -3.24. The van der Waals surface area contributed by atoms with Gasteiger partial charge < -0.3 is 9.47 Å². The van der Waals surface area contributed by atoms with Gasteiger partial charge in [-0.1, -0.05) is 24.3 Å². The van der Waals surface area contributed by atoms with Crippen LogP contribution in [0.4, 0.5) is 0 Å². The molecular weight excluding hydrogens is 252 g/mol. The lowest BCUT2D eigenvalue weighted by atomic mass is 10.0. The quantitative estimate of drug-likeness (QED) is 0.520. The molecule has 0 amide bonds. The van der Waals surface area contributed by atoms with Crippen LogP contribution in [0.25, 0.3) is 21.5 Å². The van der Waals surface area contributed by atoms with E-state index in [1.807, 2.05) is 36.4 Å². The van der Waals surface area contributed by atoms with Gasteiger partial charge in [0.1, 0.15) is 11.5 Å². The van der Waals surface area contributed by atoms with Crippen molar-refractivity contribution in [3.63, 3.8) is 0 Å². The van der Waals surface area contributed by atoms with Crippen molar-refractivity contribution in [2.75, 3.05) is 0 Å². The zero-order valence-corrected chi connectivity index (χ0v) is 10.3. The van der Waals surface area contributed by atoms with Crippen LogP contribution in [-0.4, -0.2) is 0 Å². The molecule has 4 nitrogen and oxygen atoms in total. The molecule has 0 spiro atoms. The van der Waals surface area contributed by atoms with Crippen molar-refractivity contribution in [1.29, 1.82) is 10.5 Å². The van der Waals surface area contributed by atoms with E-state index in [2.05, 4.69) is 0 Å². The van der Waals surface area contributed by atoms with E-state index in [1.54, 1.807) is 24.6 Å². The summed E-state index contributed by atoms with van der Waals surface area (Å²) in [6.07, 6.45) is 3.38. The van der Waals surface area contributed by atoms with Crippen molar-refractivity contribution >= 4 is 21.5 Å². The number of nitrogens with zero attached hydrogens (tertiary/aromatic N) is 2. The van der Waals surface area contributed by atoms with Gasteiger partial charge in [0.2, 0.25) is 0 Å². The third-order valence-corrected chi connectivity index (χ3v) is 3.11. The average Bonchev–Trinajstić information content (AvgIpc) is 2.47. The molecule has 3 aromatic carbocycles. The zero-order valence-electron chi connectivity index (χ0n) is 10.3. The summed E-state index contributed by atoms with van der Waals surface area (Å²) in [5, 5.41) is 20.9. The lowest BCUT2D eigenvalue weighted by molar-refractivity contribution is 0.512. The zero-order chi connectivity index (χ0) is 13.9. The van der Waals surface area contributed by atoms with E-state index in [-0.39, 0.29) is 0 Å². The fraction of sp³-hybridized carbons (Fsp3) is 0. The van der Waals surface area contributed by atoms with E-state index in [0.29, 0.717) is 11.5 Å². The summed E-state index contributed by atoms with van der Waals surface area (Å²) >= 11 is 0. The van der Waals surface area contributed by atoms with Crippen LogP contribution in [0.3, 0.4) is 0 Å². The molecule has 0 fully saturated rings. The van der Waals surface area contributed by atoms with E-state index < -0.39 is 0 Å². The fourth-order valence-corrected chi connectivity index (χ4v) is 2.27. The molecule has 0 N–H and O–H groups in total. The fourth-order valence-electron chi connectivity index (χ4n) is 2.27. The molecule has 0 radical (unpaired) electrons. The molecule has 0 saturated heterocycles. The van der Waals surface area contributed by atoms with Gasteiger partial charge in [0.05, 0.1) is 0 Å². The SMILES string of the molecule is N#COc1cccc2cc3c(OC#N)cccc3cc12. The second kappa shape index (κ2) is 4.79. The number of rotatable bonds is 2. The lowest BCUT2D eigenvalue weighted by Crippen LogP contribution is -1.87. The van der Waals surface area contributed by atoms with Crippen LogP contribution >= 0.6 is 0 Å². The number of hydrogen-bond donors (Lipinski definition) is 0. The average molecular weight is 260 g/mol. The number of fused-ring (bicyclic) bond motifs is 2. The third kappa shape index (κ3) is 1.86. The Morgan fingerprint density at radius 1 is 0.700 bits per heavy atom. The van der Waals surface area contributed by atoms with Crippen LogP contribution in [-0.2, 0) is 0 Å². The summed E-state index contributed by atoms with van der Waals surface area (Å²) < 4.78 is 9.94. The van der Waals surface area contributed by atoms with Gasteiger partial charge in [0.25, 0.3) is 12.5 Å². The van der Waals surface area contributed by atoms with Crippen molar-refractivity contribution < 1.29 is 9.47 Å². The van der Waals surface area contributed by atoms with Crippen LogP contribution in [0.5, 0.6) is 11.5 Å². The Morgan fingerprint density at radius 2 is 1.15 bits per heavy atom. The highest BCUT2D eigenvalue weighted by Gasteiger charge is 2.07. The second-order valence-corrected chi connectivity index (χ2v) is 4.19. The van der Waals surface area contributed by atoms with Crippen molar-refractivity contribution in [3.8, 4) is 24.0 Å². The molecule has 20 heavy (non-hydrogen) atoms. The van der Waals surface area contributed by atoms with Gasteiger partial charge in [0.15, 0.2) is 0 Å². The molecule has 3 rings (SSSR count). The van der Waals surface area contributed by atoms with E-state index in [1.165, 1.54) is 0 Å². The topological polar surface area (TPSA) is 66.0 Å². The normalized spacial score (nSPS) is 9.90. The minimum absolute atomic E-state index is 0.513. The Labute approximate surface area is 115 Å². The number of hydrogen-bond acceptors (Lipinski definition) is 4. The number of ether oxygens (including phenoxy) is 2. The summed E-state index contributed by atoms with van der Waals surface area (Å²) in [4.78, 5) is 0. The van der Waals surface area contributed by atoms with Crippen molar-refractivity contribution in [2.45, 2.75) is 0 Å². The van der Waals surface area contributed by atoms with Crippen molar-refractivity contribution in [3.05, 3.63) is 48.5 Å². The molecular formula is C16H8N2O2. The second-order valence-electron chi connectivity index (χ2n) is 4.19. The highest BCUT2D eigenvalue weighted by Crippen LogP contribution is 2.33. The van der Waals surface area contributed by atoms with Crippen LogP contribution in [0.1, 0.15) is 0 Å². The molecule has 0 atom stereocenters. The monoisotopic (exact) mass is 260 g/mol. The first-order valence-electron chi connectivity index (χ1n) is 5.91. The first kappa shape index (κ1) is 11.8. The molecule has 0 heterocycles. The van der Waals surface area contributed by atoms with Gasteiger partial charge in [-0.2, -0.15) is 0 Å². The predicted molar refractivity (Wildman–Crippen MR) is 73.9 cm³/mol. The van der Waals surface area contributed by atoms with Crippen molar-refractivity contribution in [1.82, 2.24) is 0 Å². The van der Waals surface area contributed by atoms with Gasteiger partial charge >= 0.3 is 0 Å². The summed E-state index contributed by atoms with van der Waals surface area (Å²) in [5.74, 6) is 1.03. The summed E-state index contributed by atoms with van der Waals surface area (Å²) in [7, 11) is 0. The van der Waals surface area contributed by atoms with Crippen LogP contribution in [0, 0.1) is 23.0 Å². The highest BCUT2D eigenvalue weighted by molar-refractivity contribution is 6.03. The molecule has 0 aromatic heterocycles. The van der Waals surface area contributed by atoms with Gasteiger partial charge in [0, 0.05) is 10.8 Å². The lowest BCUT2D eigenvalue weighted by Gasteiger charge is -2.07. The molecule has 0 aliphatic heterocycles. The molecule has 0 aliphatic carbocycles. The molecule has 94 valence electrons. The summed E-state index contributed by atoms with van der Waals surface area (Å²) in [6.45, 7) is 0. The molecule has 0 unspecified atom stereocenters. The smallest absolute Gasteiger partial charge is 0.292 e. The first-order valence-corrected chi connectivity index (χ1v) is 5.91. The maximum atomic E-state index is 8.68. The maximum absolute atomic E-state index is 8.68. The van der Waals surface area contributed by atoms with Crippen LogP contribution in [0.15, 0.2) is 48.5 Å². The van der Waals surface area contributed by atoms with E-state index >= 15 is 0 Å². The minimum Gasteiger partial charge on any atom is -0.387 e. The summed E-state index contributed by atoms with van der Waals surface area (Å²) in [5.41, 5.74) is 0. The highest BCUT2D eigenvalue weighted by atomic mass is 16.5. The number of nitriles is 2. The minimum atomic E-state index is 0.513.